The summed E-state index contributed by atoms with van der Waals surface area (Å²) in [6, 6.07) is 12.1. The van der Waals surface area contributed by atoms with Crippen LogP contribution in [0.15, 0.2) is 53.0 Å². The van der Waals surface area contributed by atoms with Crippen molar-refractivity contribution < 1.29 is 14.7 Å². The van der Waals surface area contributed by atoms with E-state index in [1.165, 1.54) is 0 Å². The van der Waals surface area contributed by atoms with Crippen molar-refractivity contribution in [3.63, 3.8) is 0 Å². The molecule has 2 rings (SSSR count). The van der Waals surface area contributed by atoms with Crippen LogP contribution in [0.25, 0.3) is 0 Å². The van der Waals surface area contributed by atoms with Crippen molar-refractivity contribution in [2.24, 2.45) is 0 Å². The first kappa shape index (κ1) is 15.1. The van der Waals surface area contributed by atoms with Crippen LogP contribution in [-0.2, 0) is 4.79 Å². The Hall–Kier alpha value is -2.34. The highest BCUT2D eigenvalue weighted by Gasteiger charge is 2.22. The largest absolute Gasteiger partial charge is 0.479 e. The normalized spacial score (nSPS) is 11.7. The fraction of sp³-hybridized carbons (Fsp3) is 0.0667. The van der Waals surface area contributed by atoms with E-state index in [0.29, 0.717) is 21.3 Å². The number of halogens is 1. The van der Waals surface area contributed by atoms with Gasteiger partial charge in [0.2, 0.25) is 0 Å². The van der Waals surface area contributed by atoms with Crippen LogP contribution in [0.1, 0.15) is 22.0 Å². The van der Waals surface area contributed by atoms with Gasteiger partial charge in [-0.3, -0.25) is 4.79 Å². The molecule has 0 radical (unpaired) electrons. The molecule has 0 spiro atoms. The molecule has 2 aromatic rings. The van der Waals surface area contributed by atoms with Gasteiger partial charge < -0.3 is 16.2 Å². The molecule has 21 heavy (non-hydrogen) atoms. The predicted molar refractivity (Wildman–Crippen MR) is 82.8 cm³/mol. The molecular weight excluding hydrogens is 336 g/mol. The van der Waals surface area contributed by atoms with Crippen LogP contribution in [0.2, 0.25) is 0 Å². The Bertz CT molecular complexity index is 674. The Morgan fingerprint density at radius 2 is 1.81 bits per heavy atom. The molecule has 0 aromatic heterocycles. The number of anilines is 1. The molecule has 1 amide bonds. The molecular formula is C15H13BrN2O3. The number of aliphatic carboxylic acids is 1. The Morgan fingerprint density at radius 3 is 2.38 bits per heavy atom. The molecule has 0 saturated carbocycles. The molecule has 1 atom stereocenters. The van der Waals surface area contributed by atoms with E-state index in [1.54, 1.807) is 48.5 Å². The zero-order valence-electron chi connectivity index (χ0n) is 10.9. The summed E-state index contributed by atoms with van der Waals surface area (Å²) < 4.78 is 0.585. The van der Waals surface area contributed by atoms with Crippen LogP contribution in [0.5, 0.6) is 0 Å². The van der Waals surface area contributed by atoms with Gasteiger partial charge >= 0.3 is 5.97 Å². The van der Waals surface area contributed by atoms with Crippen LogP contribution < -0.4 is 11.1 Å². The van der Waals surface area contributed by atoms with E-state index in [9.17, 15) is 14.7 Å². The molecule has 2 aromatic carbocycles. The van der Waals surface area contributed by atoms with Crippen molar-refractivity contribution in [1.29, 1.82) is 0 Å². The lowest BCUT2D eigenvalue weighted by Crippen LogP contribution is -2.33. The lowest BCUT2D eigenvalue weighted by atomic mass is 10.1. The van der Waals surface area contributed by atoms with Crippen molar-refractivity contribution in [2.45, 2.75) is 6.04 Å². The zero-order valence-corrected chi connectivity index (χ0v) is 12.5. The number of carboxylic acids is 1. The van der Waals surface area contributed by atoms with E-state index < -0.39 is 17.9 Å². The average molecular weight is 349 g/mol. The Balaban J connectivity index is 2.23. The molecule has 4 N–H and O–H groups in total. The van der Waals surface area contributed by atoms with Crippen LogP contribution >= 0.6 is 15.9 Å². The van der Waals surface area contributed by atoms with Gasteiger partial charge in [0.25, 0.3) is 5.91 Å². The highest BCUT2D eigenvalue weighted by atomic mass is 79.9. The summed E-state index contributed by atoms with van der Waals surface area (Å²) in [4.78, 5) is 23.5. The van der Waals surface area contributed by atoms with Crippen LogP contribution in [0, 0.1) is 0 Å². The second-order valence-corrected chi connectivity index (χ2v) is 5.25. The summed E-state index contributed by atoms with van der Waals surface area (Å²) in [6.45, 7) is 0. The number of nitrogen functional groups attached to an aromatic ring is 1. The number of carbonyl (C=O) groups excluding carboxylic acids is 1. The fourth-order valence-electron chi connectivity index (χ4n) is 1.82. The maximum absolute atomic E-state index is 12.2. The number of carboxylic acid groups (broad SMARTS) is 1. The molecule has 0 unspecified atom stereocenters. The number of benzene rings is 2. The number of hydrogen-bond donors (Lipinski definition) is 3. The minimum absolute atomic E-state index is 0.332. The van der Waals surface area contributed by atoms with Gasteiger partial charge in [0, 0.05) is 15.7 Å². The third-order valence-electron chi connectivity index (χ3n) is 2.92. The second-order valence-electron chi connectivity index (χ2n) is 4.39. The Kier molecular flexibility index (Phi) is 4.59. The molecule has 0 saturated heterocycles. The van der Waals surface area contributed by atoms with E-state index in [1.807, 2.05) is 0 Å². The first-order valence-electron chi connectivity index (χ1n) is 6.12. The van der Waals surface area contributed by atoms with Gasteiger partial charge in [-0.15, -0.1) is 0 Å². The summed E-state index contributed by atoms with van der Waals surface area (Å²) in [5.41, 5.74) is 7.00. The molecule has 0 heterocycles. The van der Waals surface area contributed by atoms with E-state index in [2.05, 4.69) is 21.2 Å². The smallest absolute Gasteiger partial charge is 0.330 e. The summed E-state index contributed by atoms with van der Waals surface area (Å²) >= 11 is 3.23. The minimum atomic E-state index is -1.12. The molecule has 5 nitrogen and oxygen atoms in total. The summed E-state index contributed by atoms with van der Waals surface area (Å²) in [5.74, 6) is -1.60. The Labute approximate surface area is 129 Å². The summed E-state index contributed by atoms with van der Waals surface area (Å²) in [7, 11) is 0. The van der Waals surface area contributed by atoms with Gasteiger partial charge in [0.05, 0.1) is 0 Å². The first-order chi connectivity index (χ1) is 9.99. The lowest BCUT2D eigenvalue weighted by molar-refractivity contribution is -0.139. The quantitative estimate of drug-likeness (QED) is 0.740. The number of hydrogen-bond acceptors (Lipinski definition) is 3. The van der Waals surface area contributed by atoms with Gasteiger partial charge in [-0.25, -0.2) is 4.79 Å². The molecule has 0 aliphatic heterocycles. The van der Waals surface area contributed by atoms with Gasteiger partial charge in [0.15, 0.2) is 6.04 Å². The molecule has 108 valence electrons. The standard InChI is InChI=1S/C15H13BrN2O3/c16-11-8-10(6-7-12(11)17)14(19)18-13(15(20)21)9-4-2-1-3-5-9/h1-8,13H,17H2,(H,18,19)(H,20,21)/t13-/m0/s1. The van der Waals surface area contributed by atoms with Crippen LogP contribution in [0.4, 0.5) is 5.69 Å². The summed E-state index contributed by atoms with van der Waals surface area (Å²) in [6.07, 6.45) is 0. The predicted octanol–water partition coefficient (Wildman–Crippen LogP) is 2.59. The van der Waals surface area contributed by atoms with Crippen molar-refractivity contribution in [3.8, 4) is 0 Å². The third-order valence-corrected chi connectivity index (χ3v) is 3.60. The van der Waals surface area contributed by atoms with Crippen molar-refractivity contribution in [2.75, 3.05) is 5.73 Å². The minimum Gasteiger partial charge on any atom is -0.479 e. The third kappa shape index (κ3) is 3.61. The SMILES string of the molecule is Nc1ccc(C(=O)N[C@H](C(=O)O)c2ccccc2)cc1Br. The van der Waals surface area contributed by atoms with E-state index in [4.69, 9.17) is 5.73 Å². The van der Waals surface area contributed by atoms with Crippen molar-refractivity contribution >= 4 is 33.5 Å². The average Bonchev–Trinajstić information content (AvgIpc) is 2.48. The highest BCUT2D eigenvalue weighted by Crippen LogP contribution is 2.21. The maximum atomic E-state index is 12.2. The Morgan fingerprint density at radius 1 is 1.14 bits per heavy atom. The molecule has 0 aliphatic carbocycles. The number of rotatable bonds is 4. The van der Waals surface area contributed by atoms with Crippen molar-refractivity contribution in [3.05, 3.63) is 64.1 Å². The van der Waals surface area contributed by atoms with Gasteiger partial charge in [-0.2, -0.15) is 0 Å². The fourth-order valence-corrected chi connectivity index (χ4v) is 2.19. The molecule has 6 heteroatoms. The molecule has 0 fully saturated rings. The highest BCUT2D eigenvalue weighted by molar-refractivity contribution is 9.10. The van der Waals surface area contributed by atoms with Crippen LogP contribution in [0.3, 0.4) is 0 Å². The van der Waals surface area contributed by atoms with Crippen LogP contribution in [-0.4, -0.2) is 17.0 Å². The number of nitrogens with two attached hydrogens (primary N) is 1. The zero-order chi connectivity index (χ0) is 15.4. The second kappa shape index (κ2) is 6.41. The monoisotopic (exact) mass is 348 g/mol. The molecule has 0 bridgehead atoms. The maximum Gasteiger partial charge on any atom is 0.330 e. The lowest BCUT2D eigenvalue weighted by Gasteiger charge is -2.15. The summed E-state index contributed by atoms with van der Waals surface area (Å²) in [5, 5.41) is 11.8. The van der Waals surface area contributed by atoms with Gasteiger partial charge in [-0.05, 0) is 39.7 Å². The first-order valence-corrected chi connectivity index (χ1v) is 6.92. The van der Waals surface area contributed by atoms with E-state index in [0.717, 1.165) is 0 Å². The van der Waals surface area contributed by atoms with Crippen molar-refractivity contribution in [1.82, 2.24) is 5.32 Å². The van der Waals surface area contributed by atoms with Gasteiger partial charge in [-0.1, -0.05) is 30.3 Å². The topological polar surface area (TPSA) is 92.4 Å². The number of amides is 1. The number of carbonyl (C=O) groups is 2. The van der Waals surface area contributed by atoms with E-state index >= 15 is 0 Å². The van der Waals surface area contributed by atoms with Gasteiger partial charge in [0.1, 0.15) is 0 Å². The van der Waals surface area contributed by atoms with E-state index in [-0.39, 0.29) is 0 Å². The number of nitrogens with one attached hydrogen (secondary N) is 1. The molecule has 0 aliphatic rings.